The Hall–Kier alpha value is -0.390. The van der Waals surface area contributed by atoms with E-state index < -0.39 is 0 Å². The van der Waals surface area contributed by atoms with E-state index in [1.54, 1.807) is 0 Å². The number of benzene rings is 1. The van der Waals surface area contributed by atoms with Gasteiger partial charge in [-0.25, -0.2) is 0 Å². The summed E-state index contributed by atoms with van der Waals surface area (Å²) in [5, 5.41) is 3.43. The minimum absolute atomic E-state index is 0.989. The minimum atomic E-state index is 0.989. The maximum atomic E-state index is 3.43. The van der Waals surface area contributed by atoms with Gasteiger partial charge in [-0.15, -0.1) is 11.3 Å². The van der Waals surface area contributed by atoms with E-state index in [-0.39, 0.29) is 0 Å². The number of halogens is 1. The first-order valence-corrected chi connectivity index (χ1v) is 7.74. The molecule has 1 nitrogen and oxygen atoms in total. The highest BCUT2D eigenvalue weighted by atomic mass is 127. The van der Waals surface area contributed by atoms with Gasteiger partial charge in [0.2, 0.25) is 0 Å². The van der Waals surface area contributed by atoms with Crippen LogP contribution in [0.3, 0.4) is 0 Å². The van der Waals surface area contributed by atoms with Crippen LogP contribution in [0.2, 0.25) is 0 Å². The Balaban J connectivity index is 2.04. The first kappa shape index (κ1) is 13.1. The highest BCUT2D eigenvalue weighted by molar-refractivity contribution is 14.1. The molecule has 0 saturated heterocycles. The van der Waals surface area contributed by atoms with E-state index in [1.165, 1.54) is 25.3 Å². The lowest BCUT2D eigenvalue weighted by molar-refractivity contribution is 0.681. The molecule has 1 aromatic carbocycles. The van der Waals surface area contributed by atoms with Crippen molar-refractivity contribution >= 4 is 33.9 Å². The molecule has 2 aromatic rings. The molecule has 0 amide bonds. The highest BCUT2D eigenvalue weighted by Gasteiger charge is 2.02. The standard InChI is InChI=1S/C14H16INS/c1-2-9-16-10-13-7-8-14(17-13)11-3-5-12(15)6-4-11/h3-8,16H,2,9-10H2,1H3. The summed E-state index contributed by atoms with van der Waals surface area (Å²) >= 11 is 4.21. The largest absolute Gasteiger partial charge is 0.312 e. The molecule has 0 spiro atoms. The monoisotopic (exact) mass is 357 g/mol. The molecule has 0 aliphatic heterocycles. The predicted molar refractivity (Wildman–Crippen MR) is 84.5 cm³/mol. The van der Waals surface area contributed by atoms with Crippen molar-refractivity contribution in [1.82, 2.24) is 5.32 Å². The minimum Gasteiger partial charge on any atom is -0.312 e. The average molecular weight is 357 g/mol. The van der Waals surface area contributed by atoms with E-state index in [2.05, 4.69) is 71.2 Å². The van der Waals surface area contributed by atoms with E-state index in [4.69, 9.17) is 0 Å². The van der Waals surface area contributed by atoms with Crippen LogP contribution < -0.4 is 5.32 Å². The quantitative estimate of drug-likeness (QED) is 0.613. The Morgan fingerprint density at radius 3 is 2.59 bits per heavy atom. The van der Waals surface area contributed by atoms with Gasteiger partial charge in [0.05, 0.1) is 0 Å². The number of rotatable bonds is 5. The van der Waals surface area contributed by atoms with Gasteiger partial charge in [0.1, 0.15) is 0 Å². The van der Waals surface area contributed by atoms with Crippen LogP contribution in [-0.4, -0.2) is 6.54 Å². The van der Waals surface area contributed by atoms with Gasteiger partial charge in [0.25, 0.3) is 0 Å². The Labute approximate surface area is 120 Å². The molecule has 17 heavy (non-hydrogen) atoms. The van der Waals surface area contributed by atoms with Crippen LogP contribution in [0.1, 0.15) is 18.2 Å². The molecule has 1 aromatic heterocycles. The van der Waals surface area contributed by atoms with E-state index in [1.807, 2.05) is 11.3 Å². The smallest absolute Gasteiger partial charge is 0.0346 e. The molecule has 0 unspecified atom stereocenters. The predicted octanol–water partition coefficient (Wildman–Crippen LogP) is 4.52. The van der Waals surface area contributed by atoms with E-state index in [0.717, 1.165) is 13.1 Å². The van der Waals surface area contributed by atoms with Gasteiger partial charge in [-0.3, -0.25) is 0 Å². The lowest BCUT2D eigenvalue weighted by atomic mass is 10.2. The van der Waals surface area contributed by atoms with Crippen LogP contribution in [0.15, 0.2) is 36.4 Å². The maximum Gasteiger partial charge on any atom is 0.0346 e. The summed E-state index contributed by atoms with van der Waals surface area (Å²) in [6.45, 7) is 4.28. The van der Waals surface area contributed by atoms with Gasteiger partial charge in [0, 0.05) is 19.9 Å². The Bertz CT molecular complexity index is 461. The number of hydrogen-bond donors (Lipinski definition) is 1. The second-order valence-electron chi connectivity index (χ2n) is 3.95. The van der Waals surface area contributed by atoms with Crippen LogP contribution in [0.4, 0.5) is 0 Å². The van der Waals surface area contributed by atoms with Crippen molar-refractivity contribution in [2.75, 3.05) is 6.54 Å². The zero-order valence-electron chi connectivity index (χ0n) is 9.87. The van der Waals surface area contributed by atoms with Crippen LogP contribution in [-0.2, 0) is 6.54 Å². The molecule has 0 atom stereocenters. The van der Waals surface area contributed by atoms with Crippen molar-refractivity contribution < 1.29 is 0 Å². The van der Waals surface area contributed by atoms with Gasteiger partial charge in [0.15, 0.2) is 0 Å². The summed E-state index contributed by atoms with van der Waals surface area (Å²) in [6.07, 6.45) is 1.19. The third-order valence-corrected chi connectivity index (χ3v) is 4.37. The van der Waals surface area contributed by atoms with Crippen molar-refractivity contribution in [2.24, 2.45) is 0 Å². The second-order valence-corrected chi connectivity index (χ2v) is 6.36. The van der Waals surface area contributed by atoms with Gasteiger partial charge in [-0.1, -0.05) is 19.1 Å². The number of hydrogen-bond acceptors (Lipinski definition) is 2. The summed E-state index contributed by atoms with van der Waals surface area (Å²) in [7, 11) is 0. The lowest BCUT2D eigenvalue weighted by Gasteiger charge is -1.99. The molecular formula is C14H16INS. The van der Waals surface area contributed by atoms with Gasteiger partial charge in [-0.05, 0) is 65.4 Å². The van der Waals surface area contributed by atoms with Crippen molar-refractivity contribution in [3.05, 3.63) is 44.8 Å². The molecule has 0 bridgehead atoms. The molecular weight excluding hydrogens is 341 g/mol. The first-order valence-electron chi connectivity index (χ1n) is 5.85. The van der Waals surface area contributed by atoms with E-state index in [0.29, 0.717) is 0 Å². The highest BCUT2D eigenvalue weighted by Crippen LogP contribution is 2.28. The lowest BCUT2D eigenvalue weighted by Crippen LogP contribution is -2.12. The molecule has 0 aliphatic carbocycles. The van der Waals surface area contributed by atoms with Gasteiger partial charge < -0.3 is 5.32 Å². The Morgan fingerprint density at radius 1 is 1.12 bits per heavy atom. The normalized spacial score (nSPS) is 10.7. The zero-order chi connectivity index (χ0) is 12.1. The molecule has 1 heterocycles. The summed E-state index contributed by atoms with van der Waals surface area (Å²) < 4.78 is 1.28. The van der Waals surface area contributed by atoms with Gasteiger partial charge in [-0.2, -0.15) is 0 Å². The molecule has 0 fully saturated rings. The molecule has 0 aliphatic rings. The molecule has 0 radical (unpaired) electrons. The molecule has 3 heteroatoms. The van der Waals surface area contributed by atoms with Crippen LogP contribution in [0.5, 0.6) is 0 Å². The third kappa shape index (κ3) is 3.79. The molecule has 1 N–H and O–H groups in total. The maximum absolute atomic E-state index is 3.43. The fraction of sp³-hybridized carbons (Fsp3) is 0.286. The molecule has 2 rings (SSSR count). The number of thiophene rings is 1. The van der Waals surface area contributed by atoms with Crippen LogP contribution in [0.25, 0.3) is 10.4 Å². The van der Waals surface area contributed by atoms with Crippen LogP contribution in [0, 0.1) is 3.57 Å². The summed E-state index contributed by atoms with van der Waals surface area (Å²) in [6, 6.07) is 13.1. The summed E-state index contributed by atoms with van der Waals surface area (Å²) in [4.78, 5) is 2.77. The Kier molecular flexibility index (Phi) is 5.00. The van der Waals surface area contributed by atoms with Crippen molar-refractivity contribution in [1.29, 1.82) is 0 Å². The molecule has 0 saturated carbocycles. The number of nitrogens with one attached hydrogen (secondary N) is 1. The van der Waals surface area contributed by atoms with Crippen molar-refractivity contribution in [3.63, 3.8) is 0 Å². The Morgan fingerprint density at radius 2 is 1.88 bits per heavy atom. The average Bonchev–Trinajstić information content (AvgIpc) is 2.79. The topological polar surface area (TPSA) is 12.0 Å². The van der Waals surface area contributed by atoms with Gasteiger partial charge >= 0.3 is 0 Å². The summed E-state index contributed by atoms with van der Waals surface area (Å²) in [5.74, 6) is 0. The zero-order valence-corrected chi connectivity index (χ0v) is 12.8. The fourth-order valence-electron chi connectivity index (χ4n) is 1.63. The van der Waals surface area contributed by atoms with Crippen molar-refractivity contribution in [2.45, 2.75) is 19.9 Å². The second kappa shape index (κ2) is 6.52. The fourth-order valence-corrected chi connectivity index (χ4v) is 2.97. The third-order valence-electron chi connectivity index (χ3n) is 2.52. The molecule has 90 valence electrons. The van der Waals surface area contributed by atoms with Crippen LogP contribution >= 0.6 is 33.9 Å². The van der Waals surface area contributed by atoms with E-state index in [9.17, 15) is 0 Å². The van der Waals surface area contributed by atoms with E-state index >= 15 is 0 Å². The SMILES string of the molecule is CCCNCc1ccc(-c2ccc(I)cc2)s1. The van der Waals surface area contributed by atoms with Crippen molar-refractivity contribution in [3.8, 4) is 10.4 Å². The first-order chi connectivity index (χ1) is 8.29. The summed E-state index contributed by atoms with van der Waals surface area (Å²) in [5.41, 5.74) is 1.32.